The first-order chi connectivity index (χ1) is 11.1. The number of carbonyl (C=O) groups excluding carboxylic acids is 2. The molecule has 0 bridgehead atoms. The van der Waals surface area contributed by atoms with Crippen LogP contribution in [0.25, 0.3) is 0 Å². The highest BCUT2D eigenvalue weighted by molar-refractivity contribution is 5.92. The molecule has 0 spiro atoms. The maximum Gasteiger partial charge on any atom is 0.407 e. The van der Waals surface area contributed by atoms with Gasteiger partial charge in [-0.3, -0.25) is 0 Å². The van der Waals surface area contributed by atoms with Crippen LogP contribution >= 0.6 is 0 Å². The Labute approximate surface area is 133 Å². The molecule has 2 aromatic carbocycles. The van der Waals surface area contributed by atoms with Crippen LogP contribution in [0.15, 0.2) is 48.5 Å². The second-order valence-electron chi connectivity index (χ2n) is 4.76. The van der Waals surface area contributed by atoms with E-state index in [1.807, 2.05) is 30.3 Å². The minimum absolute atomic E-state index is 0.0721. The summed E-state index contributed by atoms with van der Waals surface area (Å²) >= 11 is 0. The third-order valence-corrected chi connectivity index (χ3v) is 3.12. The molecule has 0 heterocycles. The Bertz CT molecular complexity index is 685. The van der Waals surface area contributed by atoms with E-state index in [0.717, 1.165) is 5.56 Å². The van der Waals surface area contributed by atoms with E-state index in [1.54, 1.807) is 6.07 Å². The molecule has 0 aliphatic heterocycles. The van der Waals surface area contributed by atoms with Gasteiger partial charge < -0.3 is 19.9 Å². The molecule has 6 nitrogen and oxygen atoms in total. The molecule has 0 aliphatic rings. The van der Waals surface area contributed by atoms with Crippen molar-refractivity contribution in [1.82, 2.24) is 5.32 Å². The molecule has 2 N–H and O–H groups in total. The van der Waals surface area contributed by atoms with Crippen molar-refractivity contribution >= 4 is 12.1 Å². The Kier molecular flexibility index (Phi) is 5.57. The predicted molar refractivity (Wildman–Crippen MR) is 82.9 cm³/mol. The van der Waals surface area contributed by atoms with Crippen LogP contribution in [0.1, 0.15) is 21.5 Å². The number of carbonyl (C=O) groups is 2. The first kappa shape index (κ1) is 16.4. The van der Waals surface area contributed by atoms with Crippen LogP contribution in [-0.2, 0) is 22.6 Å². The normalized spacial score (nSPS) is 9.96. The third-order valence-electron chi connectivity index (χ3n) is 3.12. The monoisotopic (exact) mass is 315 g/mol. The topological polar surface area (TPSA) is 84.9 Å². The molecular formula is C17H17NO5. The lowest BCUT2D eigenvalue weighted by atomic mass is 10.1. The van der Waals surface area contributed by atoms with Gasteiger partial charge in [0.2, 0.25) is 0 Å². The van der Waals surface area contributed by atoms with E-state index in [1.165, 1.54) is 19.2 Å². The van der Waals surface area contributed by atoms with Gasteiger partial charge in [0.15, 0.2) is 0 Å². The standard InChI is InChI=1S/C17H17NO5/c1-22-16(20)14-8-7-13(9-15(14)19)10-18-17(21)23-11-12-5-3-2-4-6-12/h2-9,19H,10-11H2,1H3,(H,18,21). The highest BCUT2D eigenvalue weighted by atomic mass is 16.5. The van der Waals surface area contributed by atoms with E-state index in [0.29, 0.717) is 5.56 Å². The van der Waals surface area contributed by atoms with Crippen molar-refractivity contribution in [1.29, 1.82) is 0 Å². The van der Waals surface area contributed by atoms with Crippen LogP contribution < -0.4 is 5.32 Å². The number of benzene rings is 2. The number of esters is 1. The van der Waals surface area contributed by atoms with Gasteiger partial charge in [-0.05, 0) is 23.3 Å². The van der Waals surface area contributed by atoms with Gasteiger partial charge in [0.1, 0.15) is 17.9 Å². The number of rotatable bonds is 5. The molecular weight excluding hydrogens is 298 g/mol. The van der Waals surface area contributed by atoms with Gasteiger partial charge in [-0.15, -0.1) is 0 Å². The number of ether oxygens (including phenoxy) is 2. The van der Waals surface area contributed by atoms with E-state index in [-0.39, 0.29) is 24.5 Å². The fourth-order valence-corrected chi connectivity index (χ4v) is 1.92. The Morgan fingerprint density at radius 1 is 1.09 bits per heavy atom. The van der Waals surface area contributed by atoms with Crippen molar-refractivity contribution in [3.05, 3.63) is 65.2 Å². The maximum absolute atomic E-state index is 11.6. The molecule has 120 valence electrons. The second-order valence-corrected chi connectivity index (χ2v) is 4.76. The molecule has 0 radical (unpaired) electrons. The average molecular weight is 315 g/mol. The first-order valence-corrected chi connectivity index (χ1v) is 6.95. The predicted octanol–water partition coefficient (Wildman–Crippen LogP) is 2.61. The number of phenols is 1. The molecule has 0 aliphatic carbocycles. The van der Waals surface area contributed by atoms with E-state index in [9.17, 15) is 14.7 Å². The minimum atomic E-state index is -0.621. The van der Waals surface area contributed by atoms with Gasteiger partial charge in [-0.1, -0.05) is 36.4 Å². The number of amides is 1. The SMILES string of the molecule is COC(=O)c1ccc(CNC(=O)OCc2ccccc2)cc1O. The summed E-state index contributed by atoms with van der Waals surface area (Å²) < 4.78 is 9.61. The lowest BCUT2D eigenvalue weighted by Crippen LogP contribution is -2.23. The van der Waals surface area contributed by atoms with Gasteiger partial charge in [0.05, 0.1) is 7.11 Å². The smallest absolute Gasteiger partial charge is 0.407 e. The molecule has 1 amide bonds. The molecule has 0 fully saturated rings. The summed E-state index contributed by atoms with van der Waals surface area (Å²) in [6, 6.07) is 13.8. The van der Waals surface area contributed by atoms with Gasteiger partial charge in [0.25, 0.3) is 0 Å². The van der Waals surface area contributed by atoms with E-state index in [4.69, 9.17) is 4.74 Å². The van der Waals surface area contributed by atoms with Gasteiger partial charge in [0, 0.05) is 6.54 Å². The van der Waals surface area contributed by atoms with Crippen molar-refractivity contribution < 1.29 is 24.2 Å². The molecule has 0 saturated heterocycles. The number of aromatic hydroxyl groups is 1. The number of phenolic OH excluding ortho intramolecular Hbond substituents is 1. The van der Waals surface area contributed by atoms with Crippen LogP contribution in [0, 0.1) is 0 Å². The fraction of sp³-hybridized carbons (Fsp3) is 0.176. The number of methoxy groups -OCH3 is 1. The summed E-state index contributed by atoms with van der Waals surface area (Å²) in [6.07, 6.45) is -0.564. The Morgan fingerprint density at radius 2 is 1.83 bits per heavy atom. The van der Waals surface area contributed by atoms with Gasteiger partial charge in [-0.25, -0.2) is 9.59 Å². The lowest BCUT2D eigenvalue weighted by Gasteiger charge is -2.08. The zero-order chi connectivity index (χ0) is 16.7. The Hall–Kier alpha value is -3.02. The van der Waals surface area contributed by atoms with E-state index < -0.39 is 12.1 Å². The van der Waals surface area contributed by atoms with Crippen LogP contribution in [0.4, 0.5) is 4.79 Å². The summed E-state index contributed by atoms with van der Waals surface area (Å²) in [5.41, 5.74) is 1.59. The van der Waals surface area contributed by atoms with Crippen LogP contribution in [-0.4, -0.2) is 24.3 Å². The molecule has 0 atom stereocenters. The molecule has 0 unspecified atom stereocenters. The highest BCUT2D eigenvalue weighted by Gasteiger charge is 2.12. The summed E-state index contributed by atoms with van der Waals surface area (Å²) in [6.45, 7) is 0.349. The third kappa shape index (κ3) is 4.74. The number of alkyl carbamates (subject to hydrolysis) is 1. The Morgan fingerprint density at radius 3 is 2.48 bits per heavy atom. The molecule has 2 rings (SSSR count). The number of nitrogens with one attached hydrogen (secondary N) is 1. The van der Waals surface area contributed by atoms with Crippen molar-refractivity contribution in [2.24, 2.45) is 0 Å². The zero-order valence-corrected chi connectivity index (χ0v) is 12.6. The lowest BCUT2D eigenvalue weighted by molar-refractivity contribution is 0.0597. The summed E-state index contributed by atoms with van der Waals surface area (Å²) in [4.78, 5) is 23.0. The summed E-state index contributed by atoms with van der Waals surface area (Å²) in [5.74, 6) is -0.821. The van der Waals surface area contributed by atoms with Gasteiger partial charge >= 0.3 is 12.1 Å². The number of hydrogen-bond acceptors (Lipinski definition) is 5. The quantitative estimate of drug-likeness (QED) is 0.829. The largest absolute Gasteiger partial charge is 0.507 e. The van der Waals surface area contributed by atoms with Crippen molar-refractivity contribution in [2.45, 2.75) is 13.2 Å². The molecule has 23 heavy (non-hydrogen) atoms. The molecule has 0 saturated carbocycles. The van der Waals surface area contributed by atoms with Crippen molar-refractivity contribution in [3.63, 3.8) is 0 Å². The van der Waals surface area contributed by atoms with Gasteiger partial charge in [-0.2, -0.15) is 0 Å². The minimum Gasteiger partial charge on any atom is -0.507 e. The maximum atomic E-state index is 11.6. The van der Waals surface area contributed by atoms with Crippen LogP contribution in [0.2, 0.25) is 0 Å². The fourth-order valence-electron chi connectivity index (χ4n) is 1.92. The summed E-state index contributed by atoms with van der Waals surface area (Å²) in [7, 11) is 1.24. The summed E-state index contributed by atoms with van der Waals surface area (Å²) in [5, 5.41) is 12.3. The van der Waals surface area contributed by atoms with Crippen LogP contribution in [0.3, 0.4) is 0 Å². The number of hydrogen-bond donors (Lipinski definition) is 2. The van der Waals surface area contributed by atoms with Crippen molar-refractivity contribution in [3.8, 4) is 5.75 Å². The molecule has 0 aromatic heterocycles. The molecule has 6 heteroatoms. The van der Waals surface area contributed by atoms with Crippen molar-refractivity contribution in [2.75, 3.05) is 7.11 Å². The van der Waals surface area contributed by atoms with E-state index in [2.05, 4.69) is 10.1 Å². The zero-order valence-electron chi connectivity index (χ0n) is 12.6. The average Bonchev–Trinajstić information content (AvgIpc) is 2.58. The Balaban J connectivity index is 1.84. The second kappa shape index (κ2) is 7.84. The van der Waals surface area contributed by atoms with Crippen LogP contribution in [0.5, 0.6) is 5.75 Å². The first-order valence-electron chi connectivity index (χ1n) is 6.95. The van der Waals surface area contributed by atoms with E-state index >= 15 is 0 Å². The molecule has 2 aromatic rings. The highest BCUT2D eigenvalue weighted by Crippen LogP contribution is 2.19.